The third kappa shape index (κ3) is 2.40. The molecule has 2 aromatic rings. The highest BCUT2D eigenvalue weighted by Crippen LogP contribution is 2.23. The Bertz CT molecular complexity index is 720. The number of carboxylic acid groups (broad SMARTS) is 1. The number of benzene rings is 1. The standard InChI is InChI=1S/C15H14N2O4/c1-9-3-2-4-10(7-9)14(18)17-6-5-12-11(8-17)13(15(19)20)16-21-12/h2-4,7H,5-6,8H2,1H3,(H,19,20). The van der Waals surface area contributed by atoms with E-state index >= 15 is 0 Å². The first-order valence-corrected chi connectivity index (χ1v) is 6.63. The number of carbonyl (C=O) groups is 2. The first-order valence-electron chi connectivity index (χ1n) is 6.63. The van der Waals surface area contributed by atoms with Crippen molar-refractivity contribution in [2.75, 3.05) is 6.54 Å². The summed E-state index contributed by atoms with van der Waals surface area (Å²) in [5.74, 6) is -0.688. The second-order valence-corrected chi connectivity index (χ2v) is 5.08. The maximum atomic E-state index is 12.5. The fourth-order valence-corrected chi connectivity index (χ4v) is 2.51. The first-order chi connectivity index (χ1) is 10.1. The molecule has 0 unspecified atom stereocenters. The molecule has 0 radical (unpaired) electrons. The lowest BCUT2D eigenvalue weighted by molar-refractivity contribution is 0.0673. The Labute approximate surface area is 121 Å². The third-order valence-corrected chi connectivity index (χ3v) is 3.58. The van der Waals surface area contributed by atoms with E-state index in [0.717, 1.165) is 5.56 Å². The molecule has 6 heteroatoms. The highest BCUT2D eigenvalue weighted by molar-refractivity contribution is 5.95. The van der Waals surface area contributed by atoms with Gasteiger partial charge in [-0.15, -0.1) is 0 Å². The van der Waals surface area contributed by atoms with Crippen LogP contribution in [-0.2, 0) is 13.0 Å². The Morgan fingerprint density at radius 3 is 2.90 bits per heavy atom. The number of fused-ring (bicyclic) bond motifs is 1. The van der Waals surface area contributed by atoms with E-state index in [1.807, 2.05) is 25.1 Å². The van der Waals surface area contributed by atoms with Crippen LogP contribution in [0.15, 0.2) is 28.8 Å². The molecule has 1 N–H and O–H groups in total. The van der Waals surface area contributed by atoms with Gasteiger partial charge in [0.1, 0.15) is 5.76 Å². The molecule has 21 heavy (non-hydrogen) atoms. The van der Waals surface area contributed by atoms with E-state index in [1.165, 1.54) is 0 Å². The molecule has 0 bridgehead atoms. The molecule has 1 aliphatic rings. The summed E-state index contributed by atoms with van der Waals surface area (Å²) in [6.45, 7) is 2.63. The van der Waals surface area contributed by atoms with Crippen LogP contribution in [-0.4, -0.2) is 33.6 Å². The molecule has 1 amide bonds. The molecule has 1 aliphatic heterocycles. The summed E-state index contributed by atoms with van der Waals surface area (Å²) in [6, 6.07) is 7.34. The van der Waals surface area contributed by atoms with Gasteiger partial charge in [-0.05, 0) is 19.1 Å². The number of aromatic nitrogens is 1. The van der Waals surface area contributed by atoms with Crippen LogP contribution in [0, 0.1) is 6.92 Å². The fraction of sp³-hybridized carbons (Fsp3) is 0.267. The van der Waals surface area contributed by atoms with Crippen LogP contribution < -0.4 is 0 Å². The second-order valence-electron chi connectivity index (χ2n) is 5.08. The molecule has 0 fully saturated rings. The lowest BCUT2D eigenvalue weighted by atomic mass is 10.0. The van der Waals surface area contributed by atoms with Gasteiger partial charge in [0, 0.05) is 24.1 Å². The van der Waals surface area contributed by atoms with Gasteiger partial charge in [-0.1, -0.05) is 22.9 Å². The van der Waals surface area contributed by atoms with Crippen molar-refractivity contribution in [1.82, 2.24) is 10.1 Å². The largest absolute Gasteiger partial charge is 0.476 e. The van der Waals surface area contributed by atoms with E-state index in [-0.39, 0.29) is 18.1 Å². The van der Waals surface area contributed by atoms with Gasteiger partial charge in [0.2, 0.25) is 0 Å². The SMILES string of the molecule is Cc1cccc(C(=O)N2CCc3onc(C(=O)O)c3C2)c1. The minimum absolute atomic E-state index is 0.105. The quantitative estimate of drug-likeness (QED) is 0.911. The molecule has 0 aliphatic carbocycles. The summed E-state index contributed by atoms with van der Waals surface area (Å²) >= 11 is 0. The van der Waals surface area contributed by atoms with Gasteiger partial charge in [0.25, 0.3) is 5.91 Å². The minimum atomic E-state index is -1.13. The predicted octanol–water partition coefficient (Wildman–Crippen LogP) is 1.88. The molecule has 0 saturated heterocycles. The number of carboxylic acids is 1. The van der Waals surface area contributed by atoms with Gasteiger partial charge in [0.05, 0.1) is 6.54 Å². The highest BCUT2D eigenvalue weighted by Gasteiger charge is 2.29. The van der Waals surface area contributed by atoms with E-state index in [0.29, 0.717) is 29.9 Å². The van der Waals surface area contributed by atoms with Crippen molar-refractivity contribution in [3.05, 3.63) is 52.4 Å². The van der Waals surface area contributed by atoms with Gasteiger partial charge in [-0.2, -0.15) is 0 Å². The summed E-state index contributed by atoms with van der Waals surface area (Å²) in [5.41, 5.74) is 2.00. The van der Waals surface area contributed by atoms with Crippen molar-refractivity contribution in [1.29, 1.82) is 0 Å². The van der Waals surface area contributed by atoms with Crippen LogP contribution in [0.4, 0.5) is 0 Å². The van der Waals surface area contributed by atoms with Crippen LogP contribution in [0.3, 0.4) is 0 Å². The zero-order valence-corrected chi connectivity index (χ0v) is 11.5. The number of rotatable bonds is 2. The average molecular weight is 286 g/mol. The highest BCUT2D eigenvalue weighted by atomic mass is 16.5. The molecule has 1 aromatic heterocycles. The zero-order valence-electron chi connectivity index (χ0n) is 11.5. The van der Waals surface area contributed by atoms with E-state index in [1.54, 1.807) is 11.0 Å². The van der Waals surface area contributed by atoms with Crippen LogP contribution in [0.2, 0.25) is 0 Å². The molecule has 0 spiro atoms. The Balaban J connectivity index is 1.87. The Hall–Kier alpha value is -2.63. The molecular formula is C15H14N2O4. The summed E-state index contributed by atoms with van der Waals surface area (Å²) in [5, 5.41) is 12.6. The van der Waals surface area contributed by atoms with Crippen LogP contribution in [0.1, 0.15) is 37.7 Å². The van der Waals surface area contributed by atoms with E-state index in [4.69, 9.17) is 9.63 Å². The number of nitrogens with zero attached hydrogens (tertiary/aromatic N) is 2. The zero-order chi connectivity index (χ0) is 15.0. The Morgan fingerprint density at radius 1 is 1.38 bits per heavy atom. The van der Waals surface area contributed by atoms with Crippen molar-refractivity contribution in [3.63, 3.8) is 0 Å². The van der Waals surface area contributed by atoms with E-state index in [9.17, 15) is 9.59 Å². The van der Waals surface area contributed by atoms with Crippen LogP contribution in [0.5, 0.6) is 0 Å². The maximum Gasteiger partial charge on any atom is 0.358 e. The summed E-state index contributed by atoms with van der Waals surface area (Å²) < 4.78 is 5.03. The smallest absolute Gasteiger partial charge is 0.358 e. The van der Waals surface area contributed by atoms with Gasteiger partial charge in [0.15, 0.2) is 5.69 Å². The summed E-state index contributed by atoms with van der Waals surface area (Å²) in [7, 11) is 0. The van der Waals surface area contributed by atoms with Gasteiger partial charge in [-0.3, -0.25) is 4.79 Å². The lowest BCUT2D eigenvalue weighted by Gasteiger charge is -2.26. The molecule has 108 valence electrons. The van der Waals surface area contributed by atoms with Crippen molar-refractivity contribution in [2.45, 2.75) is 19.9 Å². The summed E-state index contributed by atoms with van der Waals surface area (Å²) in [6.07, 6.45) is 0.479. The third-order valence-electron chi connectivity index (χ3n) is 3.58. The maximum absolute atomic E-state index is 12.5. The normalized spacial score (nSPS) is 13.9. The topological polar surface area (TPSA) is 83.6 Å². The number of amides is 1. The van der Waals surface area contributed by atoms with E-state index < -0.39 is 5.97 Å². The Kier molecular flexibility index (Phi) is 3.21. The number of aryl methyl sites for hydroxylation is 1. The van der Waals surface area contributed by atoms with E-state index in [2.05, 4.69) is 5.16 Å². The average Bonchev–Trinajstić information content (AvgIpc) is 2.89. The van der Waals surface area contributed by atoms with Crippen molar-refractivity contribution in [3.8, 4) is 0 Å². The van der Waals surface area contributed by atoms with Crippen molar-refractivity contribution < 1.29 is 19.2 Å². The van der Waals surface area contributed by atoms with Crippen molar-refractivity contribution >= 4 is 11.9 Å². The van der Waals surface area contributed by atoms with Gasteiger partial charge in [-0.25, -0.2) is 4.79 Å². The van der Waals surface area contributed by atoms with Crippen molar-refractivity contribution in [2.24, 2.45) is 0 Å². The molecular weight excluding hydrogens is 272 g/mol. The van der Waals surface area contributed by atoms with Gasteiger partial charge >= 0.3 is 5.97 Å². The molecule has 3 rings (SSSR count). The van der Waals surface area contributed by atoms with Gasteiger partial charge < -0.3 is 14.5 Å². The first kappa shape index (κ1) is 13.4. The fourth-order valence-electron chi connectivity index (χ4n) is 2.51. The molecule has 1 aromatic carbocycles. The number of hydrogen-bond acceptors (Lipinski definition) is 4. The molecule has 2 heterocycles. The van der Waals surface area contributed by atoms with Crippen LogP contribution >= 0.6 is 0 Å². The summed E-state index contributed by atoms with van der Waals surface area (Å²) in [4.78, 5) is 25.2. The van der Waals surface area contributed by atoms with Crippen LogP contribution in [0.25, 0.3) is 0 Å². The Morgan fingerprint density at radius 2 is 2.19 bits per heavy atom. The number of hydrogen-bond donors (Lipinski definition) is 1. The molecule has 0 saturated carbocycles. The monoisotopic (exact) mass is 286 g/mol. The number of aromatic carboxylic acids is 1. The minimum Gasteiger partial charge on any atom is -0.476 e. The second kappa shape index (κ2) is 5.05. The molecule has 6 nitrogen and oxygen atoms in total. The lowest BCUT2D eigenvalue weighted by Crippen LogP contribution is -2.36. The predicted molar refractivity (Wildman–Crippen MR) is 73.1 cm³/mol. The number of carbonyl (C=O) groups excluding carboxylic acids is 1. The molecule has 0 atom stereocenters.